The molecule has 1 heterocycles. The summed E-state index contributed by atoms with van der Waals surface area (Å²) >= 11 is 0. The van der Waals surface area contributed by atoms with E-state index in [1.165, 1.54) is 17.5 Å². The highest BCUT2D eigenvalue weighted by atomic mass is 32.2. The number of carbonyl (C=O) groups excluding carboxylic acids is 2. The lowest BCUT2D eigenvalue weighted by Gasteiger charge is -2.29. The van der Waals surface area contributed by atoms with E-state index in [2.05, 4.69) is 9.71 Å². The number of likely N-dealkylation sites (N-methyl/N-ethyl adjacent to an activating group) is 1. The van der Waals surface area contributed by atoms with Crippen LogP contribution < -0.4 is 9.03 Å². The van der Waals surface area contributed by atoms with Gasteiger partial charge in [-0.3, -0.25) is 18.8 Å². The number of esters is 1. The zero-order chi connectivity index (χ0) is 29.8. The van der Waals surface area contributed by atoms with Crippen LogP contribution in [-0.4, -0.2) is 79.0 Å². The van der Waals surface area contributed by atoms with Gasteiger partial charge in [-0.15, -0.1) is 0 Å². The molecule has 2 aliphatic rings. The molecule has 2 aromatic carbocycles. The molecule has 1 amide bonds. The number of methoxy groups -OCH3 is 1. The van der Waals surface area contributed by atoms with Gasteiger partial charge < -0.3 is 9.64 Å². The fraction of sp³-hybridized carbons (Fsp3) is 0.464. The van der Waals surface area contributed by atoms with Crippen LogP contribution in [0.5, 0.6) is 0 Å². The summed E-state index contributed by atoms with van der Waals surface area (Å²) in [5, 5.41) is 0. The zero-order valence-corrected chi connectivity index (χ0v) is 25.1. The van der Waals surface area contributed by atoms with Crippen molar-refractivity contribution in [2.45, 2.75) is 49.5 Å². The van der Waals surface area contributed by atoms with Gasteiger partial charge in [0.15, 0.2) is 6.04 Å². The Bertz CT molecular complexity index is 1520. The van der Waals surface area contributed by atoms with Crippen molar-refractivity contribution in [2.75, 3.05) is 37.8 Å². The highest BCUT2D eigenvalue weighted by Gasteiger charge is 2.32. The maximum absolute atomic E-state index is 12.8. The van der Waals surface area contributed by atoms with E-state index in [-0.39, 0.29) is 42.1 Å². The Morgan fingerprint density at radius 2 is 1.71 bits per heavy atom. The Morgan fingerprint density at radius 1 is 1.05 bits per heavy atom. The average molecular weight is 605 g/mol. The molecular weight excluding hydrogens is 568 g/mol. The second-order valence-corrected chi connectivity index (χ2v) is 14.0. The third-order valence-electron chi connectivity index (χ3n) is 7.44. The SMILES string of the molecule is COC(=O)[C@H](Cc1ccc(N(CCN(C)C(=O)C2CCCCC2)S(C)(=O)=O)cc1)N=C1NS(=O)(=O)c2ccccc21. The van der Waals surface area contributed by atoms with E-state index in [1.807, 2.05) is 0 Å². The van der Waals surface area contributed by atoms with E-state index in [9.17, 15) is 26.4 Å². The van der Waals surface area contributed by atoms with Crippen molar-refractivity contribution in [3.63, 3.8) is 0 Å². The van der Waals surface area contributed by atoms with Crippen LogP contribution in [0.15, 0.2) is 58.4 Å². The molecule has 1 N–H and O–H groups in total. The molecule has 1 atom stereocenters. The monoisotopic (exact) mass is 604 g/mol. The van der Waals surface area contributed by atoms with Gasteiger partial charge in [0.2, 0.25) is 15.9 Å². The van der Waals surface area contributed by atoms with Crippen molar-refractivity contribution >= 4 is 43.4 Å². The Labute approximate surface area is 241 Å². The number of anilines is 1. The van der Waals surface area contributed by atoms with Crippen LogP contribution >= 0.6 is 0 Å². The number of sulfonamides is 2. The van der Waals surface area contributed by atoms with Gasteiger partial charge in [-0.1, -0.05) is 43.5 Å². The molecule has 11 nitrogen and oxygen atoms in total. The van der Waals surface area contributed by atoms with Gasteiger partial charge in [-0.25, -0.2) is 21.6 Å². The molecule has 1 fully saturated rings. The van der Waals surface area contributed by atoms with Crippen LogP contribution in [-0.2, 0) is 40.8 Å². The van der Waals surface area contributed by atoms with E-state index in [1.54, 1.807) is 54.4 Å². The summed E-state index contributed by atoms with van der Waals surface area (Å²) in [5.74, 6) is -0.536. The van der Waals surface area contributed by atoms with Crippen LogP contribution in [0, 0.1) is 5.92 Å². The predicted octanol–water partition coefficient (Wildman–Crippen LogP) is 2.31. The molecule has 0 spiro atoms. The molecule has 0 saturated heterocycles. The number of hydrogen-bond donors (Lipinski definition) is 1. The van der Waals surface area contributed by atoms with Crippen molar-refractivity contribution in [3.05, 3.63) is 59.7 Å². The summed E-state index contributed by atoms with van der Waals surface area (Å²) in [6.07, 6.45) is 6.18. The van der Waals surface area contributed by atoms with Crippen molar-refractivity contribution in [1.82, 2.24) is 9.62 Å². The number of nitrogens with one attached hydrogen (secondary N) is 1. The number of benzene rings is 2. The minimum atomic E-state index is -3.78. The number of aliphatic imine (C=N–C) groups is 1. The highest BCUT2D eigenvalue weighted by molar-refractivity contribution is 7.92. The number of amides is 1. The second kappa shape index (κ2) is 12.6. The molecule has 0 bridgehead atoms. The van der Waals surface area contributed by atoms with Crippen LogP contribution in [0.25, 0.3) is 0 Å². The average Bonchev–Trinajstić information content (AvgIpc) is 3.21. The number of nitrogens with zero attached hydrogens (tertiary/aromatic N) is 3. The number of rotatable bonds is 10. The lowest BCUT2D eigenvalue weighted by Crippen LogP contribution is -2.41. The molecule has 222 valence electrons. The summed E-state index contributed by atoms with van der Waals surface area (Å²) in [5.41, 5.74) is 1.46. The summed E-state index contributed by atoms with van der Waals surface area (Å²) in [7, 11) is -4.48. The van der Waals surface area contributed by atoms with Crippen LogP contribution in [0.1, 0.15) is 43.2 Å². The molecule has 2 aromatic rings. The van der Waals surface area contributed by atoms with Crippen molar-refractivity contribution < 1.29 is 31.2 Å². The third kappa shape index (κ3) is 7.25. The lowest BCUT2D eigenvalue weighted by molar-refractivity contribution is -0.142. The Morgan fingerprint density at radius 3 is 2.34 bits per heavy atom. The van der Waals surface area contributed by atoms with E-state index in [4.69, 9.17) is 4.74 Å². The van der Waals surface area contributed by atoms with Crippen molar-refractivity contribution in [2.24, 2.45) is 10.9 Å². The first kappa shape index (κ1) is 30.5. The molecular formula is C28H36N4O7S2. The first-order valence-electron chi connectivity index (χ1n) is 13.5. The normalized spacial score (nSPS) is 18.3. The van der Waals surface area contributed by atoms with Crippen LogP contribution in [0.2, 0.25) is 0 Å². The number of fused-ring (bicyclic) bond motifs is 1. The topological polar surface area (TPSA) is 143 Å². The van der Waals surface area contributed by atoms with E-state index in [0.29, 0.717) is 16.8 Å². The van der Waals surface area contributed by atoms with E-state index >= 15 is 0 Å². The molecule has 13 heteroatoms. The number of amidine groups is 1. The standard InChI is InChI=1S/C28H36N4O7S2/c1-31(27(33)21-9-5-4-6-10-21)17-18-32(40(3,35)36)22-15-13-20(14-16-22)19-24(28(34)39-2)29-26-23-11-7-8-12-25(23)41(37,38)30-26/h7-8,11-16,21,24H,4-6,9-10,17-19H2,1-3H3,(H,29,30)/t24-/m0/s1. The molecule has 1 aliphatic heterocycles. The zero-order valence-electron chi connectivity index (χ0n) is 23.4. The summed E-state index contributed by atoms with van der Waals surface area (Å²) < 4.78 is 58.8. The smallest absolute Gasteiger partial charge is 0.331 e. The maximum atomic E-state index is 12.8. The Kier molecular flexibility index (Phi) is 9.37. The molecule has 41 heavy (non-hydrogen) atoms. The van der Waals surface area contributed by atoms with Crippen LogP contribution in [0.3, 0.4) is 0 Å². The summed E-state index contributed by atoms with van der Waals surface area (Å²) in [4.78, 5) is 31.5. The molecule has 1 aliphatic carbocycles. The highest BCUT2D eigenvalue weighted by Crippen LogP contribution is 2.26. The predicted molar refractivity (Wildman–Crippen MR) is 156 cm³/mol. The lowest BCUT2D eigenvalue weighted by atomic mass is 9.88. The Balaban J connectivity index is 1.49. The van der Waals surface area contributed by atoms with Crippen LogP contribution in [0.4, 0.5) is 5.69 Å². The van der Waals surface area contributed by atoms with Gasteiger partial charge in [-0.05, 0) is 42.7 Å². The largest absolute Gasteiger partial charge is 0.467 e. The molecule has 0 radical (unpaired) electrons. The molecule has 0 aromatic heterocycles. The van der Waals surface area contributed by atoms with Crippen molar-refractivity contribution in [3.8, 4) is 0 Å². The van der Waals surface area contributed by atoms with Gasteiger partial charge in [0.25, 0.3) is 10.0 Å². The maximum Gasteiger partial charge on any atom is 0.331 e. The summed E-state index contributed by atoms with van der Waals surface area (Å²) in [6, 6.07) is 12.0. The summed E-state index contributed by atoms with van der Waals surface area (Å²) in [6.45, 7) is 0.356. The minimum Gasteiger partial charge on any atom is -0.467 e. The van der Waals surface area contributed by atoms with Gasteiger partial charge >= 0.3 is 5.97 Å². The number of hydrogen-bond acceptors (Lipinski definition) is 8. The number of carbonyl (C=O) groups is 2. The van der Waals surface area contributed by atoms with Gasteiger partial charge in [0, 0.05) is 31.5 Å². The minimum absolute atomic E-state index is 0.000860. The number of ether oxygens (including phenoxy) is 1. The first-order valence-corrected chi connectivity index (χ1v) is 16.8. The second-order valence-electron chi connectivity index (χ2n) is 10.4. The molecule has 4 rings (SSSR count). The third-order valence-corrected chi connectivity index (χ3v) is 10.0. The molecule has 0 unspecified atom stereocenters. The van der Waals surface area contributed by atoms with E-state index < -0.39 is 32.1 Å². The van der Waals surface area contributed by atoms with Gasteiger partial charge in [0.1, 0.15) is 5.84 Å². The van der Waals surface area contributed by atoms with Gasteiger partial charge in [0.05, 0.1) is 30.5 Å². The quantitative estimate of drug-likeness (QED) is 0.410. The van der Waals surface area contributed by atoms with Crippen molar-refractivity contribution in [1.29, 1.82) is 0 Å². The fourth-order valence-corrected chi connectivity index (χ4v) is 7.38. The van der Waals surface area contributed by atoms with E-state index in [0.717, 1.165) is 38.4 Å². The first-order chi connectivity index (χ1) is 19.4. The van der Waals surface area contributed by atoms with Gasteiger partial charge in [-0.2, -0.15) is 0 Å². The molecule has 1 saturated carbocycles. The fourth-order valence-electron chi connectivity index (χ4n) is 5.22. The Hall–Kier alpha value is -3.45.